The fourth-order valence-electron chi connectivity index (χ4n) is 2.42. The normalized spacial score (nSPS) is 24.6. The summed E-state index contributed by atoms with van der Waals surface area (Å²) in [5, 5.41) is 0. The number of hydrogen-bond donors (Lipinski definition) is 2. The van der Waals surface area contributed by atoms with E-state index in [2.05, 4.69) is 6.92 Å². The van der Waals surface area contributed by atoms with Gasteiger partial charge in [0.05, 0.1) is 6.10 Å². The fraction of sp³-hybridized carbons (Fsp3) is 0.917. The van der Waals surface area contributed by atoms with Crippen molar-refractivity contribution >= 4 is 16.3 Å². The summed E-state index contributed by atoms with van der Waals surface area (Å²) >= 11 is 0. The summed E-state index contributed by atoms with van der Waals surface area (Å²) in [6, 6.07) is -0.266. The summed E-state index contributed by atoms with van der Waals surface area (Å²) in [7, 11) is -3.89. The minimum atomic E-state index is -3.89. The summed E-state index contributed by atoms with van der Waals surface area (Å²) in [6.45, 7) is 6.02. The number of nitrogens with two attached hydrogens (primary N) is 1. The Hall–Kier alpha value is -0.860. The van der Waals surface area contributed by atoms with Gasteiger partial charge in [-0.3, -0.25) is 0 Å². The van der Waals surface area contributed by atoms with E-state index in [1.54, 1.807) is 13.8 Å². The number of amides is 1. The predicted molar refractivity (Wildman–Crippen MR) is 76.2 cm³/mol. The Morgan fingerprint density at radius 1 is 1.50 bits per heavy atom. The van der Waals surface area contributed by atoms with Gasteiger partial charge in [0.2, 0.25) is 0 Å². The Morgan fingerprint density at radius 3 is 2.65 bits per heavy atom. The monoisotopic (exact) mass is 307 g/mol. The molecule has 0 saturated carbocycles. The molecule has 0 aromatic heterocycles. The van der Waals surface area contributed by atoms with Gasteiger partial charge < -0.3 is 10.5 Å². The van der Waals surface area contributed by atoms with Crippen LogP contribution in [-0.2, 0) is 14.9 Å². The number of carbonyl (C=O) groups excluding carboxylic acids is 1. The van der Waals surface area contributed by atoms with Crippen molar-refractivity contribution < 1.29 is 17.9 Å². The number of hydrogen-bond acceptors (Lipinski definition) is 5. The van der Waals surface area contributed by atoms with Crippen molar-refractivity contribution in [2.24, 2.45) is 11.7 Å². The molecule has 1 amide bonds. The molecule has 1 saturated heterocycles. The van der Waals surface area contributed by atoms with Gasteiger partial charge in [-0.1, -0.05) is 13.3 Å². The maximum Gasteiger partial charge on any atom is 0.422 e. The molecule has 8 heteroatoms. The molecule has 7 nitrogen and oxygen atoms in total. The van der Waals surface area contributed by atoms with E-state index in [0.717, 1.165) is 19.3 Å². The predicted octanol–water partition coefficient (Wildman–Crippen LogP) is 0.815. The molecule has 1 heterocycles. The lowest BCUT2D eigenvalue weighted by Crippen LogP contribution is -2.54. The molecular weight excluding hydrogens is 282 g/mol. The molecular formula is C12H25N3O4S. The molecule has 1 aliphatic heterocycles. The molecule has 1 aliphatic rings. The van der Waals surface area contributed by atoms with Crippen LogP contribution in [0.2, 0.25) is 0 Å². The van der Waals surface area contributed by atoms with Crippen LogP contribution in [-0.4, -0.2) is 44.1 Å². The number of piperidine rings is 1. The van der Waals surface area contributed by atoms with E-state index in [1.165, 1.54) is 4.31 Å². The first-order chi connectivity index (χ1) is 9.30. The van der Waals surface area contributed by atoms with Gasteiger partial charge >= 0.3 is 16.3 Å². The molecule has 3 N–H and O–H groups in total. The number of nitrogens with zero attached hydrogens (tertiary/aromatic N) is 1. The summed E-state index contributed by atoms with van der Waals surface area (Å²) in [4.78, 5) is 11.5. The van der Waals surface area contributed by atoms with Crippen LogP contribution in [0.1, 0.15) is 40.0 Å². The van der Waals surface area contributed by atoms with Gasteiger partial charge in [-0.15, -0.1) is 0 Å². The molecule has 0 bridgehead atoms. The van der Waals surface area contributed by atoms with Crippen LogP contribution in [0.4, 0.5) is 4.79 Å². The van der Waals surface area contributed by atoms with E-state index in [1.807, 2.05) is 4.72 Å². The van der Waals surface area contributed by atoms with Crippen molar-refractivity contribution in [1.29, 1.82) is 0 Å². The first-order valence-electron chi connectivity index (χ1n) is 7.00. The molecule has 0 aliphatic carbocycles. The summed E-state index contributed by atoms with van der Waals surface area (Å²) in [5.41, 5.74) is 5.67. The largest absolute Gasteiger partial charge is 0.446 e. The number of nitrogens with one attached hydrogen (secondary N) is 1. The summed E-state index contributed by atoms with van der Waals surface area (Å²) in [6.07, 6.45) is 1.20. The lowest BCUT2D eigenvalue weighted by atomic mass is 9.90. The molecule has 0 spiro atoms. The van der Waals surface area contributed by atoms with Gasteiger partial charge in [-0.2, -0.15) is 12.7 Å². The van der Waals surface area contributed by atoms with Gasteiger partial charge in [0.1, 0.15) is 0 Å². The third-order valence-electron chi connectivity index (χ3n) is 3.48. The van der Waals surface area contributed by atoms with E-state index in [0.29, 0.717) is 12.5 Å². The zero-order valence-electron chi connectivity index (χ0n) is 12.3. The second-order valence-electron chi connectivity index (χ2n) is 5.36. The first-order valence-corrected chi connectivity index (χ1v) is 8.44. The molecule has 2 atom stereocenters. The number of ether oxygens (including phenoxy) is 1. The molecule has 0 radical (unpaired) electrons. The van der Waals surface area contributed by atoms with Crippen LogP contribution in [0, 0.1) is 5.92 Å². The summed E-state index contributed by atoms with van der Waals surface area (Å²) in [5.74, 6) is 0.484. The van der Waals surface area contributed by atoms with Crippen molar-refractivity contribution in [3.8, 4) is 0 Å². The SMILES string of the molecule is CCC1CCN(S(=O)(=O)NC(=O)OC(C)C)C(CN)C1. The van der Waals surface area contributed by atoms with Gasteiger partial charge in [-0.25, -0.2) is 9.52 Å². The number of rotatable bonds is 5. The summed E-state index contributed by atoms with van der Waals surface area (Å²) < 4.78 is 32.4. The molecule has 1 rings (SSSR count). The smallest absolute Gasteiger partial charge is 0.422 e. The van der Waals surface area contributed by atoms with Crippen molar-refractivity contribution in [3.05, 3.63) is 0 Å². The Balaban J connectivity index is 2.73. The van der Waals surface area contributed by atoms with Crippen molar-refractivity contribution in [1.82, 2.24) is 9.03 Å². The maximum absolute atomic E-state index is 12.2. The number of carbonyl (C=O) groups is 1. The zero-order valence-corrected chi connectivity index (χ0v) is 13.1. The van der Waals surface area contributed by atoms with E-state index in [4.69, 9.17) is 10.5 Å². The van der Waals surface area contributed by atoms with E-state index in [-0.39, 0.29) is 18.7 Å². The average molecular weight is 307 g/mol. The van der Waals surface area contributed by atoms with Crippen LogP contribution >= 0.6 is 0 Å². The quantitative estimate of drug-likeness (QED) is 0.783. The lowest BCUT2D eigenvalue weighted by molar-refractivity contribution is 0.120. The topological polar surface area (TPSA) is 102 Å². The second-order valence-corrected chi connectivity index (χ2v) is 6.98. The Morgan fingerprint density at radius 2 is 2.15 bits per heavy atom. The molecule has 118 valence electrons. The molecule has 1 fully saturated rings. The molecule has 0 aromatic rings. The van der Waals surface area contributed by atoms with Gasteiger partial charge in [0.15, 0.2) is 0 Å². The van der Waals surface area contributed by atoms with E-state index >= 15 is 0 Å². The fourth-order valence-corrected chi connectivity index (χ4v) is 3.70. The minimum absolute atomic E-state index is 0.247. The third kappa shape index (κ3) is 4.60. The highest BCUT2D eigenvalue weighted by atomic mass is 32.2. The first kappa shape index (κ1) is 17.2. The van der Waals surface area contributed by atoms with Crippen molar-refractivity contribution in [2.45, 2.75) is 52.2 Å². The second kappa shape index (κ2) is 7.24. The minimum Gasteiger partial charge on any atom is -0.446 e. The highest BCUT2D eigenvalue weighted by Crippen LogP contribution is 2.26. The van der Waals surface area contributed by atoms with Crippen LogP contribution in [0.25, 0.3) is 0 Å². The van der Waals surface area contributed by atoms with Crippen LogP contribution in [0.15, 0.2) is 0 Å². The maximum atomic E-state index is 12.2. The van der Waals surface area contributed by atoms with Crippen LogP contribution in [0.3, 0.4) is 0 Å². The molecule has 0 aromatic carbocycles. The lowest BCUT2D eigenvalue weighted by Gasteiger charge is -2.37. The van der Waals surface area contributed by atoms with Gasteiger partial charge in [0.25, 0.3) is 0 Å². The Labute approximate surface area is 121 Å². The van der Waals surface area contributed by atoms with Crippen molar-refractivity contribution in [3.63, 3.8) is 0 Å². The van der Waals surface area contributed by atoms with Crippen LogP contribution < -0.4 is 10.5 Å². The molecule has 2 unspecified atom stereocenters. The van der Waals surface area contributed by atoms with Crippen molar-refractivity contribution in [2.75, 3.05) is 13.1 Å². The Bertz CT molecular complexity index is 424. The highest BCUT2D eigenvalue weighted by molar-refractivity contribution is 7.87. The van der Waals surface area contributed by atoms with Gasteiger partial charge in [-0.05, 0) is 32.6 Å². The standard InChI is InChI=1S/C12H25N3O4S/c1-4-10-5-6-15(11(7-10)8-13)20(17,18)14-12(16)19-9(2)3/h9-11H,4-8,13H2,1-3H3,(H,14,16). The van der Waals surface area contributed by atoms with Crippen LogP contribution in [0.5, 0.6) is 0 Å². The third-order valence-corrected chi connectivity index (χ3v) is 5.01. The zero-order chi connectivity index (χ0) is 15.3. The Kier molecular flexibility index (Phi) is 6.22. The van der Waals surface area contributed by atoms with E-state index in [9.17, 15) is 13.2 Å². The molecule has 20 heavy (non-hydrogen) atoms. The van der Waals surface area contributed by atoms with Gasteiger partial charge in [0, 0.05) is 19.1 Å². The highest BCUT2D eigenvalue weighted by Gasteiger charge is 2.35. The van der Waals surface area contributed by atoms with E-state index < -0.39 is 16.3 Å². The average Bonchev–Trinajstić information content (AvgIpc) is 2.36.